The van der Waals surface area contributed by atoms with E-state index in [1.54, 1.807) is 0 Å². The number of hydrogen-bond acceptors (Lipinski definition) is 1. The molecule has 0 spiro atoms. The van der Waals surface area contributed by atoms with E-state index in [0.717, 1.165) is 0 Å². The van der Waals surface area contributed by atoms with Crippen LogP contribution in [-0.4, -0.2) is 11.2 Å². The van der Waals surface area contributed by atoms with Gasteiger partial charge in [-0.3, -0.25) is 0 Å². The molecule has 0 unspecified atom stereocenters. The first kappa shape index (κ1) is 8.79. The second kappa shape index (κ2) is 4.55. The SMILES string of the molecule is C/C=C\[C@H](O)C1CCCCC1. The normalized spacial score (nSPS) is 24.2. The monoisotopic (exact) mass is 154 g/mol. The number of aliphatic hydroxyl groups is 1. The zero-order valence-corrected chi connectivity index (χ0v) is 7.29. The lowest BCUT2D eigenvalue weighted by atomic mass is 9.85. The van der Waals surface area contributed by atoms with Crippen molar-refractivity contribution in [1.29, 1.82) is 0 Å². The van der Waals surface area contributed by atoms with Gasteiger partial charge in [0.2, 0.25) is 0 Å². The van der Waals surface area contributed by atoms with Gasteiger partial charge in [-0.15, -0.1) is 0 Å². The summed E-state index contributed by atoms with van der Waals surface area (Å²) in [5.41, 5.74) is 0. The largest absolute Gasteiger partial charge is 0.389 e. The van der Waals surface area contributed by atoms with Crippen molar-refractivity contribution in [2.75, 3.05) is 0 Å². The molecule has 1 heteroatoms. The molecule has 0 aromatic rings. The Hall–Kier alpha value is -0.300. The lowest BCUT2D eigenvalue weighted by molar-refractivity contribution is 0.125. The van der Waals surface area contributed by atoms with Crippen molar-refractivity contribution in [1.82, 2.24) is 0 Å². The first-order valence-corrected chi connectivity index (χ1v) is 4.65. The molecule has 0 aliphatic heterocycles. The summed E-state index contributed by atoms with van der Waals surface area (Å²) in [6.45, 7) is 1.96. The first-order valence-electron chi connectivity index (χ1n) is 4.65. The van der Waals surface area contributed by atoms with Gasteiger partial charge in [-0.1, -0.05) is 31.4 Å². The molecule has 0 radical (unpaired) electrons. The third-order valence-corrected chi connectivity index (χ3v) is 2.52. The predicted octanol–water partition coefficient (Wildman–Crippen LogP) is 2.50. The van der Waals surface area contributed by atoms with Gasteiger partial charge in [-0.25, -0.2) is 0 Å². The summed E-state index contributed by atoms with van der Waals surface area (Å²) in [6.07, 6.45) is 10.1. The van der Waals surface area contributed by atoms with Gasteiger partial charge in [-0.2, -0.15) is 0 Å². The van der Waals surface area contributed by atoms with Gasteiger partial charge in [0.1, 0.15) is 0 Å². The Kier molecular flexibility index (Phi) is 3.64. The maximum atomic E-state index is 9.59. The zero-order chi connectivity index (χ0) is 8.10. The lowest BCUT2D eigenvalue weighted by Crippen LogP contribution is -2.20. The van der Waals surface area contributed by atoms with Crippen molar-refractivity contribution in [3.63, 3.8) is 0 Å². The molecule has 1 rings (SSSR count). The minimum Gasteiger partial charge on any atom is -0.389 e. The minimum atomic E-state index is -0.180. The highest BCUT2D eigenvalue weighted by molar-refractivity contribution is 4.90. The molecule has 1 saturated carbocycles. The van der Waals surface area contributed by atoms with Crippen LogP contribution in [0.2, 0.25) is 0 Å². The minimum absolute atomic E-state index is 0.180. The van der Waals surface area contributed by atoms with Gasteiger partial charge >= 0.3 is 0 Å². The molecular weight excluding hydrogens is 136 g/mol. The van der Waals surface area contributed by atoms with E-state index in [0.29, 0.717) is 5.92 Å². The molecule has 0 amide bonds. The van der Waals surface area contributed by atoms with Crippen LogP contribution >= 0.6 is 0 Å². The molecule has 1 aliphatic carbocycles. The average molecular weight is 154 g/mol. The van der Waals surface area contributed by atoms with Crippen LogP contribution in [0, 0.1) is 5.92 Å². The fourth-order valence-electron chi connectivity index (χ4n) is 1.83. The molecule has 0 bridgehead atoms. The Morgan fingerprint density at radius 3 is 2.45 bits per heavy atom. The summed E-state index contributed by atoms with van der Waals surface area (Å²) in [4.78, 5) is 0. The Balaban J connectivity index is 2.32. The smallest absolute Gasteiger partial charge is 0.0748 e. The highest BCUT2D eigenvalue weighted by atomic mass is 16.3. The summed E-state index contributed by atoms with van der Waals surface area (Å²) in [7, 11) is 0. The predicted molar refractivity (Wildman–Crippen MR) is 47.4 cm³/mol. The van der Waals surface area contributed by atoms with E-state index in [2.05, 4.69) is 0 Å². The van der Waals surface area contributed by atoms with Crippen LogP contribution in [0.3, 0.4) is 0 Å². The number of allylic oxidation sites excluding steroid dienone is 1. The molecule has 0 saturated heterocycles. The van der Waals surface area contributed by atoms with E-state index >= 15 is 0 Å². The van der Waals surface area contributed by atoms with Crippen LogP contribution in [0.1, 0.15) is 39.0 Å². The Morgan fingerprint density at radius 2 is 1.91 bits per heavy atom. The van der Waals surface area contributed by atoms with Crippen molar-refractivity contribution in [2.45, 2.75) is 45.1 Å². The Labute approximate surface area is 69.1 Å². The topological polar surface area (TPSA) is 20.2 Å². The third kappa shape index (κ3) is 2.66. The standard InChI is InChI=1S/C10H18O/c1-2-6-10(11)9-7-4-3-5-8-9/h2,6,9-11H,3-5,7-8H2,1H3/b6-2-/t10-/m0/s1. The van der Waals surface area contributed by atoms with E-state index in [4.69, 9.17) is 0 Å². The van der Waals surface area contributed by atoms with E-state index in [9.17, 15) is 5.11 Å². The quantitative estimate of drug-likeness (QED) is 0.606. The summed E-state index contributed by atoms with van der Waals surface area (Å²) >= 11 is 0. The van der Waals surface area contributed by atoms with Gasteiger partial charge in [0.05, 0.1) is 6.10 Å². The van der Waals surface area contributed by atoms with Gasteiger partial charge in [0, 0.05) is 0 Å². The number of hydrogen-bond donors (Lipinski definition) is 1. The highest BCUT2D eigenvalue weighted by Crippen LogP contribution is 2.26. The van der Waals surface area contributed by atoms with E-state index < -0.39 is 0 Å². The summed E-state index contributed by atoms with van der Waals surface area (Å²) in [5, 5.41) is 9.59. The van der Waals surface area contributed by atoms with E-state index in [1.165, 1.54) is 32.1 Å². The number of rotatable bonds is 2. The van der Waals surface area contributed by atoms with Crippen LogP contribution in [0.5, 0.6) is 0 Å². The summed E-state index contributed by atoms with van der Waals surface area (Å²) in [6, 6.07) is 0. The fourth-order valence-corrected chi connectivity index (χ4v) is 1.83. The number of aliphatic hydroxyl groups excluding tert-OH is 1. The van der Waals surface area contributed by atoms with Crippen LogP contribution in [0.4, 0.5) is 0 Å². The van der Waals surface area contributed by atoms with Crippen LogP contribution in [0.15, 0.2) is 12.2 Å². The van der Waals surface area contributed by atoms with Crippen molar-refractivity contribution >= 4 is 0 Å². The van der Waals surface area contributed by atoms with E-state index in [1.807, 2.05) is 19.1 Å². The Bertz CT molecular complexity index is 123. The first-order chi connectivity index (χ1) is 5.34. The second-order valence-corrected chi connectivity index (χ2v) is 3.41. The summed E-state index contributed by atoms with van der Waals surface area (Å²) < 4.78 is 0. The molecule has 1 fully saturated rings. The maximum Gasteiger partial charge on any atom is 0.0748 e. The molecular formula is C10H18O. The van der Waals surface area contributed by atoms with Crippen LogP contribution in [-0.2, 0) is 0 Å². The average Bonchev–Trinajstić information content (AvgIpc) is 2.07. The van der Waals surface area contributed by atoms with Gasteiger partial charge < -0.3 is 5.11 Å². The fraction of sp³-hybridized carbons (Fsp3) is 0.800. The Morgan fingerprint density at radius 1 is 1.27 bits per heavy atom. The van der Waals surface area contributed by atoms with Crippen molar-refractivity contribution < 1.29 is 5.11 Å². The van der Waals surface area contributed by atoms with Crippen molar-refractivity contribution in [2.24, 2.45) is 5.92 Å². The zero-order valence-electron chi connectivity index (χ0n) is 7.29. The molecule has 0 aromatic heterocycles. The van der Waals surface area contributed by atoms with Crippen LogP contribution in [0.25, 0.3) is 0 Å². The third-order valence-electron chi connectivity index (χ3n) is 2.52. The molecule has 0 aromatic carbocycles. The molecule has 1 N–H and O–H groups in total. The van der Waals surface area contributed by atoms with E-state index in [-0.39, 0.29) is 6.10 Å². The molecule has 1 aliphatic rings. The lowest BCUT2D eigenvalue weighted by Gasteiger charge is -2.24. The molecule has 11 heavy (non-hydrogen) atoms. The van der Waals surface area contributed by atoms with Gasteiger partial charge in [0.25, 0.3) is 0 Å². The highest BCUT2D eigenvalue weighted by Gasteiger charge is 2.18. The molecule has 0 heterocycles. The molecule has 1 atom stereocenters. The maximum absolute atomic E-state index is 9.59. The molecule has 64 valence electrons. The van der Waals surface area contributed by atoms with Crippen LogP contribution < -0.4 is 0 Å². The second-order valence-electron chi connectivity index (χ2n) is 3.41. The molecule has 1 nitrogen and oxygen atoms in total. The summed E-state index contributed by atoms with van der Waals surface area (Å²) in [5.74, 6) is 0.542. The van der Waals surface area contributed by atoms with Crippen molar-refractivity contribution in [3.05, 3.63) is 12.2 Å². The van der Waals surface area contributed by atoms with Gasteiger partial charge in [-0.05, 0) is 25.7 Å². The van der Waals surface area contributed by atoms with Gasteiger partial charge in [0.15, 0.2) is 0 Å². The van der Waals surface area contributed by atoms with Crippen molar-refractivity contribution in [3.8, 4) is 0 Å².